The predicted molar refractivity (Wildman–Crippen MR) is 81.7 cm³/mol. The summed E-state index contributed by atoms with van der Waals surface area (Å²) in [7, 11) is 0. The second-order valence-electron chi connectivity index (χ2n) is 4.65. The van der Waals surface area contributed by atoms with E-state index in [0.29, 0.717) is 6.04 Å². The van der Waals surface area contributed by atoms with Crippen molar-refractivity contribution in [2.45, 2.75) is 39.2 Å². The number of hydrogen-bond donors (Lipinski definition) is 1. The molecule has 0 fully saturated rings. The Balaban J connectivity index is 2.73. The standard InChI is InChI=1S/C15H21Cl2N/c1-4-18-12(9-8-11(2)3)10-13-14(16)6-5-7-15(13)17/h5-7,12,18H,2,4,8-10H2,1,3H3. The maximum Gasteiger partial charge on any atom is 0.0453 e. The van der Waals surface area contributed by atoms with Gasteiger partial charge in [0.05, 0.1) is 0 Å². The zero-order chi connectivity index (χ0) is 13.5. The summed E-state index contributed by atoms with van der Waals surface area (Å²) in [5.41, 5.74) is 2.25. The van der Waals surface area contributed by atoms with Gasteiger partial charge in [0.15, 0.2) is 0 Å². The van der Waals surface area contributed by atoms with Crippen LogP contribution in [0.5, 0.6) is 0 Å². The highest BCUT2D eigenvalue weighted by Crippen LogP contribution is 2.26. The molecule has 100 valence electrons. The highest BCUT2D eigenvalue weighted by Gasteiger charge is 2.13. The van der Waals surface area contributed by atoms with Gasteiger partial charge in [0, 0.05) is 16.1 Å². The van der Waals surface area contributed by atoms with Gasteiger partial charge in [0.25, 0.3) is 0 Å². The number of benzene rings is 1. The first-order chi connectivity index (χ1) is 8.54. The Kier molecular flexibility index (Phi) is 6.77. The molecule has 0 spiro atoms. The van der Waals surface area contributed by atoms with Crippen LogP contribution in [-0.4, -0.2) is 12.6 Å². The Morgan fingerprint density at radius 3 is 2.44 bits per heavy atom. The lowest BCUT2D eigenvalue weighted by Gasteiger charge is -2.19. The van der Waals surface area contributed by atoms with Crippen molar-refractivity contribution in [1.82, 2.24) is 5.32 Å². The van der Waals surface area contributed by atoms with Gasteiger partial charge in [0.1, 0.15) is 0 Å². The smallest absolute Gasteiger partial charge is 0.0453 e. The predicted octanol–water partition coefficient (Wildman–Crippen LogP) is 4.87. The average molecular weight is 286 g/mol. The first-order valence-electron chi connectivity index (χ1n) is 6.35. The van der Waals surface area contributed by atoms with E-state index in [1.165, 1.54) is 5.57 Å². The van der Waals surface area contributed by atoms with E-state index in [9.17, 15) is 0 Å². The fourth-order valence-electron chi connectivity index (χ4n) is 1.96. The molecule has 1 unspecified atom stereocenters. The SMILES string of the molecule is C=C(C)CCC(Cc1c(Cl)cccc1Cl)NCC. The van der Waals surface area contributed by atoms with Crippen LogP contribution in [0.1, 0.15) is 32.3 Å². The van der Waals surface area contributed by atoms with E-state index >= 15 is 0 Å². The van der Waals surface area contributed by atoms with Crippen molar-refractivity contribution in [3.8, 4) is 0 Å². The summed E-state index contributed by atoms with van der Waals surface area (Å²) in [6.45, 7) is 9.07. The molecule has 1 N–H and O–H groups in total. The maximum absolute atomic E-state index is 6.21. The van der Waals surface area contributed by atoms with Crippen molar-refractivity contribution < 1.29 is 0 Å². The second kappa shape index (κ2) is 7.83. The summed E-state index contributed by atoms with van der Waals surface area (Å²) in [6, 6.07) is 6.06. The minimum absolute atomic E-state index is 0.393. The number of likely N-dealkylation sites (N-methyl/N-ethyl adjacent to an activating group) is 1. The molecule has 1 aromatic rings. The summed E-state index contributed by atoms with van der Waals surface area (Å²) in [5.74, 6) is 0. The molecule has 0 aliphatic heterocycles. The molecule has 1 rings (SSSR count). The lowest BCUT2D eigenvalue weighted by atomic mass is 10.00. The molecule has 0 aromatic heterocycles. The molecule has 0 heterocycles. The molecular weight excluding hydrogens is 265 g/mol. The molecule has 0 radical (unpaired) electrons. The van der Waals surface area contributed by atoms with Crippen molar-refractivity contribution in [3.63, 3.8) is 0 Å². The normalized spacial score (nSPS) is 12.4. The van der Waals surface area contributed by atoms with E-state index < -0.39 is 0 Å². The van der Waals surface area contributed by atoms with Gasteiger partial charge >= 0.3 is 0 Å². The van der Waals surface area contributed by atoms with Gasteiger partial charge in [-0.1, -0.05) is 41.8 Å². The van der Waals surface area contributed by atoms with E-state index in [2.05, 4.69) is 25.7 Å². The summed E-state index contributed by atoms with van der Waals surface area (Å²) in [4.78, 5) is 0. The lowest BCUT2D eigenvalue weighted by Crippen LogP contribution is -2.31. The van der Waals surface area contributed by atoms with Crippen LogP contribution < -0.4 is 5.32 Å². The molecule has 0 saturated carbocycles. The Labute approximate surface area is 120 Å². The molecule has 18 heavy (non-hydrogen) atoms. The molecule has 0 amide bonds. The minimum atomic E-state index is 0.393. The zero-order valence-corrected chi connectivity index (χ0v) is 12.6. The molecule has 1 nitrogen and oxygen atoms in total. The van der Waals surface area contributed by atoms with Crippen LogP contribution in [0.4, 0.5) is 0 Å². The average Bonchev–Trinajstić information content (AvgIpc) is 2.30. The quantitative estimate of drug-likeness (QED) is 0.705. The molecular formula is C15H21Cl2N. The summed E-state index contributed by atoms with van der Waals surface area (Å²) in [5, 5.41) is 4.98. The Morgan fingerprint density at radius 1 is 1.33 bits per heavy atom. The van der Waals surface area contributed by atoms with Crippen LogP contribution in [0.2, 0.25) is 10.0 Å². The Hall–Kier alpha value is -0.500. The van der Waals surface area contributed by atoms with Gasteiger partial charge in [-0.2, -0.15) is 0 Å². The van der Waals surface area contributed by atoms with Crippen LogP contribution in [0, 0.1) is 0 Å². The topological polar surface area (TPSA) is 12.0 Å². The van der Waals surface area contributed by atoms with Crippen molar-refractivity contribution in [2.24, 2.45) is 0 Å². The van der Waals surface area contributed by atoms with Crippen LogP contribution >= 0.6 is 23.2 Å². The third kappa shape index (κ3) is 5.01. The van der Waals surface area contributed by atoms with E-state index in [1.54, 1.807) is 0 Å². The van der Waals surface area contributed by atoms with E-state index in [-0.39, 0.29) is 0 Å². The maximum atomic E-state index is 6.21. The number of allylic oxidation sites excluding steroid dienone is 1. The Morgan fingerprint density at radius 2 is 1.94 bits per heavy atom. The van der Waals surface area contributed by atoms with Gasteiger partial charge in [-0.25, -0.2) is 0 Å². The van der Waals surface area contributed by atoms with Crippen molar-refractivity contribution >= 4 is 23.2 Å². The van der Waals surface area contributed by atoms with Crippen LogP contribution in [-0.2, 0) is 6.42 Å². The largest absolute Gasteiger partial charge is 0.314 e. The fraction of sp³-hybridized carbons (Fsp3) is 0.467. The minimum Gasteiger partial charge on any atom is -0.314 e. The van der Waals surface area contributed by atoms with Crippen molar-refractivity contribution in [2.75, 3.05) is 6.54 Å². The van der Waals surface area contributed by atoms with E-state index in [0.717, 1.165) is 41.4 Å². The summed E-state index contributed by atoms with van der Waals surface area (Å²) < 4.78 is 0. The molecule has 0 aliphatic carbocycles. The fourth-order valence-corrected chi connectivity index (χ4v) is 2.51. The summed E-state index contributed by atoms with van der Waals surface area (Å²) >= 11 is 12.4. The third-order valence-electron chi connectivity index (χ3n) is 2.92. The van der Waals surface area contributed by atoms with Gasteiger partial charge in [-0.05, 0) is 50.4 Å². The van der Waals surface area contributed by atoms with E-state index in [4.69, 9.17) is 23.2 Å². The third-order valence-corrected chi connectivity index (χ3v) is 3.63. The number of rotatable bonds is 7. The van der Waals surface area contributed by atoms with Crippen LogP contribution in [0.15, 0.2) is 30.4 Å². The first-order valence-corrected chi connectivity index (χ1v) is 7.10. The van der Waals surface area contributed by atoms with Crippen molar-refractivity contribution in [1.29, 1.82) is 0 Å². The lowest BCUT2D eigenvalue weighted by molar-refractivity contribution is 0.490. The number of nitrogens with one attached hydrogen (secondary N) is 1. The Bertz CT molecular complexity index is 381. The first kappa shape index (κ1) is 15.6. The molecule has 0 bridgehead atoms. The van der Waals surface area contributed by atoms with E-state index in [1.807, 2.05) is 18.2 Å². The number of halogens is 2. The second-order valence-corrected chi connectivity index (χ2v) is 5.47. The van der Waals surface area contributed by atoms with Crippen molar-refractivity contribution in [3.05, 3.63) is 46.0 Å². The molecule has 0 saturated heterocycles. The molecule has 3 heteroatoms. The summed E-state index contributed by atoms with van der Waals surface area (Å²) in [6.07, 6.45) is 2.95. The highest BCUT2D eigenvalue weighted by molar-refractivity contribution is 6.35. The van der Waals surface area contributed by atoms with Gasteiger partial charge in [-0.15, -0.1) is 6.58 Å². The van der Waals surface area contributed by atoms with Gasteiger partial charge in [-0.3, -0.25) is 0 Å². The molecule has 0 aliphatic rings. The monoisotopic (exact) mass is 285 g/mol. The highest BCUT2D eigenvalue weighted by atomic mass is 35.5. The molecule has 1 aromatic carbocycles. The zero-order valence-electron chi connectivity index (χ0n) is 11.1. The molecule has 1 atom stereocenters. The number of hydrogen-bond acceptors (Lipinski definition) is 1. The van der Waals surface area contributed by atoms with Gasteiger partial charge < -0.3 is 5.32 Å². The van der Waals surface area contributed by atoms with Gasteiger partial charge in [0.2, 0.25) is 0 Å². The van der Waals surface area contributed by atoms with Crippen LogP contribution in [0.3, 0.4) is 0 Å². The van der Waals surface area contributed by atoms with Crippen LogP contribution in [0.25, 0.3) is 0 Å².